The lowest BCUT2D eigenvalue weighted by atomic mass is 10.1. The van der Waals surface area contributed by atoms with Crippen LogP contribution in [0.2, 0.25) is 0 Å². The molecule has 0 radical (unpaired) electrons. The van der Waals surface area contributed by atoms with E-state index in [-0.39, 0.29) is 5.91 Å². The number of aromatic amines is 1. The number of nitrogens with two attached hydrogens (primary N) is 1. The second kappa shape index (κ2) is 5.81. The molecule has 0 aliphatic rings. The predicted octanol–water partition coefficient (Wildman–Crippen LogP) is 2.68. The van der Waals surface area contributed by atoms with Crippen LogP contribution in [0, 0.1) is 0 Å². The van der Waals surface area contributed by atoms with Crippen molar-refractivity contribution < 1.29 is 4.79 Å². The Labute approximate surface area is 123 Å². The largest absolute Gasteiger partial charge is 0.361 e. The van der Waals surface area contributed by atoms with Gasteiger partial charge >= 0.3 is 0 Å². The molecule has 0 aliphatic heterocycles. The lowest BCUT2D eigenvalue weighted by molar-refractivity contribution is -0.117. The van der Waals surface area contributed by atoms with Gasteiger partial charge in [0.05, 0.1) is 6.04 Å². The predicted molar refractivity (Wildman–Crippen MR) is 85.0 cm³/mol. The fraction of sp³-hybridized carbons (Fsp3) is 0.118. The Hall–Kier alpha value is -2.59. The third-order valence-electron chi connectivity index (χ3n) is 3.46. The molecule has 0 saturated carbocycles. The number of rotatable bonds is 4. The maximum absolute atomic E-state index is 12.1. The zero-order valence-corrected chi connectivity index (χ0v) is 11.5. The minimum Gasteiger partial charge on any atom is -0.361 e. The Morgan fingerprint density at radius 2 is 1.95 bits per heavy atom. The van der Waals surface area contributed by atoms with Crippen molar-refractivity contribution in [3.63, 3.8) is 0 Å². The Morgan fingerprint density at radius 1 is 1.14 bits per heavy atom. The first kappa shape index (κ1) is 13.4. The molecule has 1 unspecified atom stereocenters. The van der Waals surface area contributed by atoms with Crippen LogP contribution in [-0.2, 0) is 11.2 Å². The third kappa shape index (κ3) is 3.12. The first-order valence-electron chi connectivity index (χ1n) is 6.90. The first-order valence-corrected chi connectivity index (χ1v) is 6.90. The summed E-state index contributed by atoms with van der Waals surface area (Å²) >= 11 is 0. The molecule has 1 atom stereocenters. The Bertz CT molecular complexity index is 749. The maximum atomic E-state index is 12.1. The van der Waals surface area contributed by atoms with E-state index < -0.39 is 6.04 Å². The number of carbonyl (C=O) groups excluding carboxylic acids is 1. The van der Waals surface area contributed by atoms with Gasteiger partial charge in [-0.05, 0) is 36.2 Å². The van der Waals surface area contributed by atoms with Crippen molar-refractivity contribution in [2.45, 2.75) is 12.5 Å². The maximum Gasteiger partial charge on any atom is 0.241 e. The quantitative estimate of drug-likeness (QED) is 0.687. The Balaban J connectivity index is 1.67. The van der Waals surface area contributed by atoms with E-state index in [4.69, 9.17) is 5.73 Å². The number of nitrogens with one attached hydrogen (secondary N) is 2. The van der Waals surface area contributed by atoms with Gasteiger partial charge in [-0.3, -0.25) is 4.79 Å². The number of aromatic nitrogens is 1. The van der Waals surface area contributed by atoms with Crippen LogP contribution >= 0.6 is 0 Å². The lowest BCUT2D eigenvalue weighted by Crippen LogP contribution is -2.37. The van der Waals surface area contributed by atoms with Crippen LogP contribution in [0.25, 0.3) is 10.9 Å². The van der Waals surface area contributed by atoms with Gasteiger partial charge in [-0.1, -0.05) is 30.3 Å². The molecule has 0 fully saturated rings. The van der Waals surface area contributed by atoms with Crippen molar-refractivity contribution in [2.75, 3.05) is 5.32 Å². The van der Waals surface area contributed by atoms with E-state index in [9.17, 15) is 4.79 Å². The molecule has 1 aromatic heterocycles. The lowest BCUT2D eigenvalue weighted by Gasteiger charge is -2.12. The zero-order chi connectivity index (χ0) is 14.7. The van der Waals surface area contributed by atoms with Crippen molar-refractivity contribution in [3.8, 4) is 0 Å². The van der Waals surface area contributed by atoms with Gasteiger partial charge in [-0.15, -0.1) is 0 Å². The molecule has 21 heavy (non-hydrogen) atoms. The minimum absolute atomic E-state index is 0.172. The number of benzene rings is 2. The normalized spacial score (nSPS) is 12.2. The molecule has 1 amide bonds. The van der Waals surface area contributed by atoms with Gasteiger partial charge in [0.1, 0.15) is 0 Å². The summed E-state index contributed by atoms with van der Waals surface area (Å²) in [5, 5.41) is 3.93. The van der Waals surface area contributed by atoms with Gasteiger partial charge in [0.15, 0.2) is 0 Å². The molecule has 3 rings (SSSR count). The number of hydrogen-bond acceptors (Lipinski definition) is 2. The van der Waals surface area contributed by atoms with Crippen LogP contribution in [0.15, 0.2) is 60.8 Å². The molecular formula is C17H17N3O. The minimum atomic E-state index is -0.561. The van der Waals surface area contributed by atoms with Gasteiger partial charge in [0.2, 0.25) is 5.91 Å². The Morgan fingerprint density at radius 3 is 2.76 bits per heavy atom. The smallest absolute Gasteiger partial charge is 0.241 e. The summed E-state index contributed by atoms with van der Waals surface area (Å²) in [6.45, 7) is 0. The molecular weight excluding hydrogens is 262 g/mol. The SMILES string of the molecule is NC(Cc1ccccc1)C(=O)Nc1ccc2[nH]ccc2c1. The standard InChI is InChI=1S/C17H17N3O/c18-15(10-12-4-2-1-3-5-12)17(21)20-14-6-7-16-13(11-14)8-9-19-16/h1-9,11,15,19H,10,18H2,(H,20,21). The monoisotopic (exact) mass is 279 g/mol. The van der Waals surface area contributed by atoms with E-state index in [0.717, 1.165) is 22.2 Å². The van der Waals surface area contributed by atoms with E-state index >= 15 is 0 Å². The molecule has 4 heteroatoms. The summed E-state index contributed by atoms with van der Waals surface area (Å²) in [5.41, 5.74) is 8.83. The fourth-order valence-corrected chi connectivity index (χ4v) is 2.33. The number of fused-ring (bicyclic) bond motifs is 1. The average Bonchev–Trinajstić information content (AvgIpc) is 2.95. The van der Waals surface area contributed by atoms with Crippen molar-refractivity contribution in [3.05, 3.63) is 66.4 Å². The summed E-state index contributed by atoms with van der Waals surface area (Å²) in [4.78, 5) is 15.3. The van der Waals surface area contributed by atoms with Crippen molar-refractivity contribution >= 4 is 22.5 Å². The van der Waals surface area contributed by atoms with E-state index in [1.165, 1.54) is 0 Å². The highest BCUT2D eigenvalue weighted by atomic mass is 16.2. The van der Waals surface area contributed by atoms with Crippen molar-refractivity contribution in [1.29, 1.82) is 0 Å². The topological polar surface area (TPSA) is 70.9 Å². The van der Waals surface area contributed by atoms with Gasteiger partial charge in [0.25, 0.3) is 0 Å². The van der Waals surface area contributed by atoms with Gasteiger partial charge in [-0.25, -0.2) is 0 Å². The van der Waals surface area contributed by atoms with Crippen LogP contribution < -0.4 is 11.1 Å². The van der Waals surface area contributed by atoms with E-state index in [2.05, 4.69) is 10.3 Å². The van der Waals surface area contributed by atoms with Crippen LogP contribution in [-0.4, -0.2) is 16.9 Å². The zero-order valence-electron chi connectivity index (χ0n) is 11.5. The van der Waals surface area contributed by atoms with E-state index in [1.807, 2.05) is 60.8 Å². The van der Waals surface area contributed by atoms with Crippen molar-refractivity contribution in [2.24, 2.45) is 5.73 Å². The summed E-state index contributed by atoms with van der Waals surface area (Å²) in [6.07, 6.45) is 2.40. The molecule has 2 aromatic carbocycles. The van der Waals surface area contributed by atoms with Crippen LogP contribution in [0.5, 0.6) is 0 Å². The second-order valence-corrected chi connectivity index (χ2v) is 5.07. The molecule has 3 aromatic rings. The average molecular weight is 279 g/mol. The number of hydrogen-bond donors (Lipinski definition) is 3. The summed E-state index contributed by atoms with van der Waals surface area (Å²) in [6, 6.07) is 16.9. The number of carbonyl (C=O) groups is 1. The molecule has 0 aliphatic carbocycles. The van der Waals surface area contributed by atoms with Gasteiger partial charge < -0.3 is 16.0 Å². The number of amides is 1. The fourth-order valence-electron chi connectivity index (χ4n) is 2.33. The molecule has 4 nitrogen and oxygen atoms in total. The highest BCUT2D eigenvalue weighted by molar-refractivity contribution is 5.96. The van der Waals surface area contributed by atoms with Crippen LogP contribution in [0.1, 0.15) is 5.56 Å². The first-order chi connectivity index (χ1) is 10.2. The molecule has 0 spiro atoms. The van der Waals surface area contributed by atoms with Crippen LogP contribution in [0.4, 0.5) is 5.69 Å². The highest BCUT2D eigenvalue weighted by Gasteiger charge is 2.14. The molecule has 4 N–H and O–H groups in total. The highest BCUT2D eigenvalue weighted by Crippen LogP contribution is 2.18. The van der Waals surface area contributed by atoms with Gasteiger partial charge in [0, 0.05) is 22.8 Å². The molecule has 1 heterocycles. The van der Waals surface area contributed by atoms with E-state index in [1.54, 1.807) is 0 Å². The molecule has 106 valence electrons. The number of H-pyrrole nitrogens is 1. The van der Waals surface area contributed by atoms with Crippen molar-refractivity contribution in [1.82, 2.24) is 4.98 Å². The van der Waals surface area contributed by atoms with E-state index in [0.29, 0.717) is 6.42 Å². The van der Waals surface area contributed by atoms with Crippen LogP contribution in [0.3, 0.4) is 0 Å². The summed E-state index contributed by atoms with van der Waals surface area (Å²) in [5.74, 6) is -0.172. The summed E-state index contributed by atoms with van der Waals surface area (Å²) < 4.78 is 0. The molecule has 0 bridgehead atoms. The third-order valence-corrected chi connectivity index (χ3v) is 3.46. The summed E-state index contributed by atoms with van der Waals surface area (Å²) in [7, 11) is 0. The molecule has 0 saturated heterocycles. The van der Waals surface area contributed by atoms with Gasteiger partial charge in [-0.2, -0.15) is 0 Å². The number of anilines is 1. The Kier molecular flexibility index (Phi) is 3.71. The second-order valence-electron chi connectivity index (χ2n) is 5.07.